The Balaban J connectivity index is 2.15. The van der Waals surface area contributed by atoms with Gasteiger partial charge in [-0.3, -0.25) is 4.68 Å². The third kappa shape index (κ3) is 1.85. The van der Waals surface area contributed by atoms with E-state index in [1.807, 2.05) is 19.2 Å². The summed E-state index contributed by atoms with van der Waals surface area (Å²) >= 11 is 3.49. The normalized spacial score (nSPS) is 14.5. The van der Waals surface area contributed by atoms with Gasteiger partial charge in [0.1, 0.15) is 0 Å². The molecule has 3 nitrogen and oxygen atoms in total. The number of nitrogens with zero attached hydrogens (tertiary/aromatic N) is 3. The SMILES string of the molecule is [C-]#[N+]c1cc(C2CC2)ccc1-c1c(Br)cnn1C. The monoisotopic (exact) mass is 301 g/mol. The van der Waals surface area contributed by atoms with E-state index in [-0.39, 0.29) is 0 Å². The van der Waals surface area contributed by atoms with Gasteiger partial charge >= 0.3 is 0 Å². The fourth-order valence-electron chi connectivity index (χ4n) is 2.23. The standard InChI is InChI=1S/C14H12BrN3/c1-16-13-7-10(9-3-4-9)5-6-11(13)14-12(15)8-17-18(14)2/h5-9H,3-4H2,2H3. The van der Waals surface area contributed by atoms with Crippen molar-refractivity contribution >= 4 is 21.6 Å². The molecule has 1 heterocycles. The Labute approximate surface area is 114 Å². The molecule has 1 saturated carbocycles. The lowest BCUT2D eigenvalue weighted by Crippen LogP contribution is -1.94. The highest BCUT2D eigenvalue weighted by Gasteiger charge is 2.24. The summed E-state index contributed by atoms with van der Waals surface area (Å²) in [5.74, 6) is 0.675. The van der Waals surface area contributed by atoms with Crippen molar-refractivity contribution in [2.45, 2.75) is 18.8 Å². The summed E-state index contributed by atoms with van der Waals surface area (Å²) in [5.41, 5.74) is 3.91. The van der Waals surface area contributed by atoms with Gasteiger partial charge in [0.05, 0.1) is 22.9 Å². The van der Waals surface area contributed by atoms with E-state index in [0.29, 0.717) is 11.6 Å². The first kappa shape index (κ1) is 11.5. The van der Waals surface area contributed by atoms with E-state index in [4.69, 9.17) is 6.57 Å². The van der Waals surface area contributed by atoms with Crippen LogP contribution in [0.5, 0.6) is 0 Å². The van der Waals surface area contributed by atoms with E-state index in [1.54, 1.807) is 10.9 Å². The van der Waals surface area contributed by atoms with E-state index >= 15 is 0 Å². The minimum absolute atomic E-state index is 0.675. The minimum Gasteiger partial charge on any atom is -0.268 e. The van der Waals surface area contributed by atoms with Crippen molar-refractivity contribution in [3.63, 3.8) is 0 Å². The smallest absolute Gasteiger partial charge is 0.196 e. The molecular weight excluding hydrogens is 290 g/mol. The second kappa shape index (κ2) is 4.25. The number of halogens is 1. The summed E-state index contributed by atoms with van der Waals surface area (Å²) in [6.45, 7) is 7.37. The quantitative estimate of drug-likeness (QED) is 0.759. The molecule has 0 spiro atoms. The largest absolute Gasteiger partial charge is 0.268 e. The Bertz CT molecular complexity index is 628. The molecule has 0 bridgehead atoms. The van der Waals surface area contributed by atoms with Crippen LogP contribution < -0.4 is 0 Å². The van der Waals surface area contributed by atoms with E-state index in [0.717, 1.165) is 15.7 Å². The Morgan fingerprint density at radius 2 is 2.22 bits per heavy atom. The number of aromatic nitrogens is 2. The summed E-state index contributed by atoms with van der Waals surface area (Å²) in [5, 5.41) is 4.20. The van der Waals surface area contributed by atoms with E-state index in [1.165, 1.54) is 18.4 Å². The third-order valence-electron chi connectivity index (χ3n) is 3.34. The Hall–Kier alpha value is -1.60. The van der Waals surface area contributed by atoms with Gasteiger partial charge in [0.2, 0.25) is 0 Å². The molecule has 90 valence electrons. The highest BCUT2D eigenvalue weighted by Crippen LogP contribution is 2.43. The second-order valence-electron chi connectivity index (χ2n) is 4.63. The molecule has 1 aromatic heterocycles. The van der Waals surface area contributed by atoms with Gasteiger partial charge in [-0.25, -0.2) is 4.85 Å². The molecular formula is C14H12BrN3. The lowest BCUT2D eigenvalue weighted by molar-refractivity contribution is 0.776. The molecule has 0 radical (unpaired) electrons. The average Bonchev–Trinajstić information content (AvgIpc) is 3.16. The molecule has 0 amide bonds. The van der Waals surface area contributed by atoms with Crippen molar-refractivity contribution in [3.8, 4) is 11.3 Å². The predicted octanol–water partition coefficient (Wildman–Crippen LogP) is 4.28. The first-order chi connectivity index (χ1) is 8.70. The van der Waals surface area contributed by atoms with Crippen LogP contribution in [0.3, 0.4) is 0 Å². The molecule has 18 heavy (non-hydrogen) atoms. The number of aryl methyl sites for hydroxylation is 1. The van der Waals surface area contributed by atoms with Crippen LogP contribution >= 0.6 is 15.9 Å². The zero-order valence-electron chi connectivity index (χ0n) is 10.0. The summed E-state index contributed by atoms with van der Waals surface area (Å²) in [6.07, 6.45) is 4.27. The zero-order valence-corrected chi connectivity index (χ0v) is 11.6. The predicted molar refractivity (Wildman–Crippen MR) is 74.6 cm³/mol. The molecule has 3 rings (SSSR count). The van der Waals surface area contributed by atoms with Gasteiger partial charge < -0.3 is 0 Å². The van der Waals surface area contributed by atoms with Gasteiger partial charge in [-0.15, -0.1) is 0 Å². The third-order valence-corrected chi connectivity index (χ3v) is 3.92. The van der Waals surface area contributed by atoms with Crippen molar-refractivity contribution in [1.82, 2.24) is 9.78 Å². The minimum atomic E-state index is 0.675. The molecule has 1 aliphatic rings. The highest BCUT2D eigenvalue weighted by atomic mass is 79.9. The van der Waals surface area contributed by atoms with Gasteiger partial charge in [0.15, 0.2) is 5.69 Å². The highest BCUT2D eigenvalue weighted by molar-refractivity contribution is 9.10. The van der Waals surface area contributed by atoms with Gasteiger partial charge in [-0.2, -0.15) is 5.10 Å². The van der Waals surface area contributed by atoms with Crippen LogP contribution in [0.1, 0.15) is 24.3 Å². The number of hydrogen-bond acceptors (Lipinski definition) is 1. The zero-order chi connectivity index (χ0) is 12.7. The first-order valence-corrected chi connectivity index (χ1v) is 6.69. The lowest BCUT2D eigenvalue weighted by atomic mass is 10.0. The van der Waals surface area contributed by atoms with Crippen molar-refractivity contribution in [3.05, 3.63) is 45.8 Å². The molecule has 2 aromatic rings. The van der Waals surface area contributed by atoms with Crippen molar-refractivity contribution in [2.24, 2.45) is 7.05 Å². The Kier molecular flexibility index (Phi) is 2.71. The van der Waals surface area contributed by atoms with E-state index < -0.39 is 0 Å². The van der Waals surface area contributed by atoms with Crippen LogP contribution in [-0.4, -0.2) is 9.78 Å². The molecule has 0 atom stereocenters. The Morgan fingerprint density at radius 3 is 2.78 bits per heavy atom. The van der Waals surface area contributed by atoms with Crippen LogP contribution in [0.15, 0.2) is 28.9 Å². The molecule has 1 aliphatic carbocycles. The molecule has 1 fully saturated rings. The maximum atomic E-state index is 7.37. The second-order valence-corrected chi connectivity index (χ2v) is 5.48. The van der Waals surface area contributed by atoms with Crippen molar-refractivity contribution in [1.29, 1.82) is 0 Å². The number of hydrogen-bond donors (Lipinski definition) is 0. The molecule has 0 saturated heterocycles. The van der Waals surface area contributed by atoms with Gasteiger partial charge in [0.25, 0.3) is 0 Å². The van der Waals surface area contributed by atoms with E-state index in [2.05, 4.69) is 31.9 Å². The molecule has 0 N–H and O–H groups in total. The van der Waals surface area contributed by atoms with Gasteiger partial charge in [0, 0.05) is 12.6 Å². The van der Waals surface area contributed by atoms with Gasteiger partial charge in [-0.05, 0) is 34.7 Å². The molecule has 0 aliphatic heterocycles. The van der Waals surface area contributed by atoms with Crippen molar-refractivity contribution in [2.75, 3.05) is 0 Å². The number of benzene rings is 1. The topological polar surface area (TPSA) is 22.2 Å². The molecule has 0 unspecified atom stereocenters. The van der Waals surface area contributed by atoms with E-state index in [9.17, 15) is 0 Å². The summed E-state index contributed by atoms with van der Waals surface area (Å²) in [4.78, 5) is 3.67. The maximum Gasteiger partial charge on any atom is 0.196 e. The van der Waals surface area contributed by atoms with Crippen LogP contribution in [0.25, 0.3) is 16.1 Å². The molecule has 1 aromatic carbocycles. The Morgan fingerprint density at radius 1 is 1.44 bits per heavy atom. The lowest BCUT2D eigenvalue weighted by Gasteiger charge is -2.08. The van der Waals surface area contributed by atoms with Crippen LogP contribution in [0.2, 0.25) is 0 Å². The fraction of sp³-hybridized carbons (Fsp3) is 0.286. The summed E-state index contributed by atoms with van der Waals surface area (Å²) in [6, 6.07) is 6.21. The van der Waals surface area contributed by atoms with Crippen LogP contribution in [-0.2, 0) is 7.05 Å². The first-order valence-electron chi connectivity index (χ1n) is 5.90. The van der Waals surface area contributed by atoms with Crippen molar-refractivity contribution < 1.29 is 0 Å². The van der Waals surface area contributed by atoms with Crippen LogP contribution in [0.4, 0.5) is 5.69 Å². The van der Waals surface area contributed by atoms with Gasteiger partial charge in [-0.1, -0.05) is 23.8 Å². The average molecular weight is 302 g/mol. The molecule has 4 heteroatoms. The number of rotatable bonds is 2. The fourth-order valence-corrected chi connectivity index (χ4v) is 2.79. The maximum absolute atomic E-state index is 7.37. The van der Waals surface area contributed by atoms with Crippen LogP contribution in [0, 0.1) is 6.57 Å². The summed E-state index contributed by atoms with van der Waals surface area (Å²) in [7, 11) is 1.89. The summed E-state index contributed by atoms with van der Waals surface area (Å²) < 4.78 is 2.72.